The fourth-order valence-electron chi connectivity index (χ4n) is 2.60. The fourth-order valence-corrected chi connectivity index (χ4v) is 4.63. The van der Waals surface area contributed by atoms with E-state index in [1.165, 1.54) is 12.1 Å². The zero-order valence-electron chi connectivity index (χ0n) is 13.7. The summed E-state index contributed by atoms with van der Waals surface area (Å²) in [5, 5.41) is 2.53. The monoisotopic (exact) mass is 403 g/mol. The van der Waals surface area contributed by atoms with E-state index in [2.05, 4.69) is 9.71 Å². The summed E-state index contributed by atoms with van der Waals surface area (Å²) < 4.78 is 29.7. The molecule has 0 aliphatic heterocycles. The van der Waals surface area contributed by atoms with Crippen LogP contribution in [0.15, 0.2) is 65.0 Å². The number of aromatic nitrogens is 2. The largest absolute Gasteiger partial charge is 0.294 e. The van der Waals surface area contributed by atoms with E-state index in [-0.39, 0.29) is 4.90 Å². The molecule has 0 saturated carbocycles. The molecule has 0 bridgehead atoms. The van der Waals surface area contributed by atoms with Crippen molar-refractivity contribution in [3.05, 3.63) is 70.8 Å². The Hall–Kier alpha value is -2.35. The summed E-state index contributed by atoms with van der Waals surface area (Å²) in [6.45, 7) is 2.02. The highest BCUT2D eigenvalue weighted by Gasteiger charge is 2.15. The predicted octanol–water partition coefficient (Wildman–Crippen LogP) is 4.83. The smallest absolute Gasteiger partial charge is 0.261 e. The minimum absolute atomic E-state index is 0.158. The van der Waals surface area contributed by atoms with Crippen molar-refractivity contribution in [2.75, 3.05) is 4.72 Å². The zero-order chi connectivity index (χ0) is 18.3. The molecule has 4 rings (SSSR count). The van der Waals surface area contributed by atoms with Gasteiger partial charge in [-0.3, -0.25) is 9.12 Å². The summed E-state index contributed by atoms with van der Waals surface area (Å²) in [7, 11) is -3.68. The van der Waals surface area contributed by atoms with Gasteiger partial charge in [0.05, 0.1) is 10.6 Å². The third-order valence-electron chi connectivity index (χ3n) is 3.92. The highest BCUT2D eigenvalue weighted by atomic mass is 35.5. The molecule has 2 aromatic carbocycles. The number of halogens is 1. The Balaban J connectivity index is 1.66. The number of hydrogen-bond acceptors (Lipinski definition) is 4. The Morgan fingerprint density at radius 3 is 2.65 bits per heavy atom. The molecule has 0 spiro atoms. The van der Waals surface area contributed by atoms with E-state index in [1.54, 1.807) is 41.7 Å². The van der Waals surface area contributed by atoms with Crippen LogP contribution < -0.4 is 4.72 Å². The van der Waals surface area contributed by atoms with Crippen molar-refractivity contribution in [3.8, 4) is 11.3 Å². The molecule has 2 aromatic heterocycles. The number of aryl methyl sites for hydroxylation is 1. The number of anilines is 1. The van der Waals surface area contributed by atoms with Gasteiger partial charge in [0.2, 0.25) is 0 Å². The highest BCUT2D eigenvalue weighted by molar-refractivity contribution is 7.92. The fraction of sp³-hybridized carbons (Fsp3) is 0.0556. The SMILES string of the molecule is Cc1csc2nc(-c3cccc(NS(=O)(=O)c4ccc(Cl)cc4)c3)cn12. The maximum Gasteiger partial charge on any atom is 0.261 e. The molecule has 0 unspecified atom stereocenters. The van der Waals surface area contributed by atoms with Crippen LogP contribution >= 0.6 is 22.9 Å². The molecule has 0 fully saturated rings. The van der Waals surface area contributed by atoms with Gasteiger partial charge in [-0.1, -0.05) is 23.7 Å². The van der Waals surface area contributed by atoms with Crippen LogP contribution in [-0.2, 0) is 10.0 Å². The molecule has 0 saturated heterocycles. The lowest BCUT2D eigenvalue weighted by Crippen LogP contribution is -2.12. The van der Waals surface area contributed by atoms with Crippen LogP contribution in [0.4, 0.5) is 5.69 Å². The summed E-state index contributed by atoms with van der Waals surface area (Å²) >= 11 is 7.39. The van der Waals surface area contributed by atoms with Gasteiger partial charge in [0.15, 0.2) is 4.96 Å². The summed E-state index contributed by atoms with van der Waals surface area (Å²) in [5.41, 5.74) is 3.23. The van der Waals surface area contributed by atoms with Crippen LogP contribution in [0.5, 0.6) is 0 Å². The van der Waals surface area contributed by atoms with Crippen molar-refractivity contribution in [1.82, 2.24) is 9.38 Å². The molecule has 1 N–H and O–H groups in total. The summed E-state index contributed by atoms with van der Waals surface area (Å²) in [6.07, 6.45) is 1.95. The van der Waals surface area contributed by atoms with Gasteiger partial charge in [-0.2, -0.15) is 0 Å². The standard InChI is InChI=1S/C18H14ClN3O2S2/c1-12-11-25-18-20-17(10-22(12)18)13-3-2-4-15(9-13)21-26(23,24)16-7-5-14(19)6-8-16/h2-11,21H,1H3. The normalized spacial score (nSPS) is 11.8. The Bertz CT molecular complexity index is 1190. The molecule has 4 aromatic rings. The van der Waals surface area contributed by atoms with Crippen LogP contribution in [0.2, 0.25) is 5.02 Å². The lowest BCUT2D eigenvalue weighted by molar-refractivity contribution is 0.601. The summed E-state index contributed by atoms with van der Waals surface area (Å²) in [5.74, 6) is 0. The van der Waals surface area contributed by atoms with E-state index in [4.69, 9.17) is 11.6 Å². The minimum atomic E-state index is -3.68. The number of thiazole rings is 1. The molecule has 2 heterocycles. The second-order valence-electron chi connectivity index (χ2n) is 5.80. The van der Waals surface area contributed by atoms with Gasteiger partial charge in [0, 0.05) is 33.5 Å². The predicted molar refractivity (Wildman–Crippen MR) is 106 cm³/mol. The maximum atomic E-state index is 12.5. The number of nitrogens with one attached hydrogen (secondary N) is 1. The molecule has 5 nitrogen and oxygen atoms in total. The minimum Gasteiger partial charge on any atom is -0.294 e. The molecule has 0 atom stereocenters. The lowest BCUT2D eigenvalue weighted by atomic mass is 10.1. The number of imidazole rings is 1. The van der Waals surface area contributed by atoms with Crippen molar-refractivity contribution in [1.29, 1.82) is 0 Å². The van der Waals surface area contributed by atoms with Crippen LogP contribution in [0.25, 0.3) is 16.2 Å². The lowest BCUT2D eigenvalue weighted by Gasteiger charge is -2.09. The van der Waals surface area contributed by atoms with E-state index in [9.17, 15) is 8.42 Å². The van der Waals surface area contributed by atoms with Gasteiger partial charge < -0.3 is 0 Å². The van der Waals surface area contributed by atoms with E-state index in [0.29, 0.717) is 10.7 Å². The Kier molecular flexibility index (Phi) is 4.22. The average Bonchev–Trinajstić information content (AvgIpc) is 3.18. The summed E-state index contributed by atoms with van der Waals surface area (Å²) in [4.78, 5) is 5.66. The third kappa shape index (κ3) is 3.21. The molecule has 0 radical (unpaired) electrons. The number of sulfonamides is 1. The van der Waals surface area contributed by atoms with Crippen LogP contribution in [0.3, 0.4) is 0 Å². The third-order valence-corrected chi connectivity index (χ3v) is 6.53. The molecule has 0 aliphatic carbocycles. The summed E-state index contributed by atoms with van der Waals surface area (Å²) in [6, 6.07) is 13.2. The van der Waals surface area contributed by atoms with Crippen molar-refractivity contribution in [2.24, 2.45) is 0 Å². The first-order valence-electron chi connectivity index (χ1n) is 7.74. The van der Waals surface area contributed by atoms with E-state index in [1.807, 2.05) is 29.0 Å². The molecule has 0 aliphatic rings. The van der Waals surface area contributed by atoms with Gasteiger partial charge in [-0.15, -0.1) is 11.3 Å². The van der Waals surface area contributed by atoms with Crippen LogP contribution in [0, 0.1) is 6.92 Å². The average molecular weight is 404 g/mol. The van der Waals surface area contributed by atoms with E-state index < -0.39 is 10.0 Å². The molecule has 0 amide bonds. The second kappa shape index (κ2) is 6.42. The number of benzene rings is 2. The van der Waals surface area contributed by atoms with E-state index >= 15 is 0 Å². The molecular formula is C18H14ClN3O2S2. The molecular weight excluding hydrogens is 390 g/mol. The van der Waals surface area contributed by atoms with Crippen molar-refractivity contribution in [3.63, 3.8) is 0 Å². The van der Waals surface area contributed by atoms with Crippen molar-refractivity contribution >= 4 is 43.6 Å². The Morgan fingerprint density at radius 1 is 1.15 bits per heavy atom. The van der Waals surface area contributed by atoms with Crippen LogP contribution in [-0.4, -0.2) is 17.8 Å². The van der Waals surface area contributed by atoms with Crippen molar-refractivity contribution in [2.45, 2.75) is 11.8 Å². The first-order valence-corrected chi connectivity index (χ1v) is 10.5. The maximum absolute atomic E-state index is 12.5. The van der Waals surface area contributed by atoms with Gasteiger partial charge >= 0.3 is 0 Å². The second-order valence-corrected chi connectivity index (χ2v) is 8.75. The molecule has 132 valence electrons. The first kappa shape index (κ1) is 17.1. The Morgan fingerprint density at radius 2 is 1.92 bits per heavy atom. The quantitative estimate of drug-likeness (QED) is 0.531. The molecule has 8 heteroatoms. The number of hydrogen-bond donors (Lipinski definition) is 1. The first-order chi connectivity index (χ1) is 12.4. The topological polar surface area (TPSA) is 63.5 Å². The highest BCUT2D eigenvalue weighted by Crippen LogP contribution is 2.26. The zero-order valence-corrected chi connectivity index (χ0v) is 16.1. The Labute approximate surface area is 160 Å². The van der Waals surface area contributed by atoms with Gasteiger partial charge in [-0.05, 0) is 43.3 Å². The number of nitrogens with zero attached hydrogens (tertiary/aromatic N) is 2. The number of rotatable bonds is 4. The molecule has 26 heavy (non-hydrogen) atoms. The van der Waals surface area contributed by atoms with Crippen LogP contribution in [0.1, 0.15) is 5.69 Å². The van der Waals surface area contributed by atoms with Gasteiger partial charge in [0.25, 0.3) is 10.0 Å². The van der Waals surface area contributed by atoms with Gasteiger partial charge in [0.1, 0.15) is 0 Å². The number of fused-ring (bicyclic) bond motifs is 1. The van der Waals surface area contributed by atoms with Crippen molar-refractivity contribution < 1.29 is 8.42 Å². The van der Waals surface area contributed by atoms with Gasteiger partial charge in [-0.25, -0.2) is 13.4 Å². The van der Waals surface area contributed by atoms with E-state index in [0.717, 1.165) is 21.9 Å².